The molecule has 2 N–H and O–H groups in total. The molecule has 0 spiro atoms. The van der Waals surface area contributed by atoms with Gasteiger partial charge in [0.25, 0.3) is 0 Å². The maximum Gasteiger partial charge on any atom is 0.0448 e. The summed E-state index contributed by atoms with van der Waals surface area (Å²) in [6, 6.07) is 0. The molecule has 90 valence electrons. The second-order valence-electron chi connectivity index (χ2n) is 5.37. The van der Waals surface area contributed by atoms with Gasteiger partial charge in [-0.2, -0.15) is 0 Å². The van der Waals surface area contributed by atoms with Gasteiger partial charge in [0.15, 0.2) is 0 Å². The van der Waals surface area contributed by atoms with Crippen molar-refractivity contribution in [3.05, 3.63) is 0 Å². The molecule has 0 aromatic rings. The zero-order chi connectivity index (χ0) is 11.3. The molecule has 0 atom stereocenters. The van der Waals surface area contributed by atoms with Crippen molar-refractivity contribution in [2.45, 2.75) is 58.4 Å². The van der Waals surface area contributed by atoms with E-state index < -0.39 is 0 Å². The molecule has 1 fully saturated rings. The molecular formula is C13H27NO. The first-order valence-corrected chi connectivity index (χ1v) is 6.49. The summed E-state index contributed by atoms with van der Waals surface area (Å²) in [6.07, 6.45) is 6.05. The van der Waals surface area contributed by atoms with E-state index in [1.807, 2.05) is 0 Å². The van der Waals surface area contributed by atoms with E-state index in [4.69, 9.17) is 5.11 Å². The molecule has 0 aliphatic heterocycles. The van der Waals surface area contributed by atoms with Crippen LogP contribution in [-0.2, 0) is 0 Å². The van der Waals surface area contributed by atoms with Crippen LogP contribution in [0, 0.1) is 11.8 Å². The van der Waals surface area contributed by atoms with Crippen molar-refractivity contribution >= 4 is 0 Å². The summed E-state index contributed by atoms with van der Waals surface area (Å²) in [5.41, 5.74) is 0.245. The lowest BCUT2D eigenvalue weighted by atomic mass is 9.71. The number of aliphatic hydroxyl groups excluding tert-OH is 1. The Morgan fingerprint density at radius 3 is 2.33 bits per heavy atom. The maximum atomic E-state index is 9.15. The molecule has 0 amide bonds. The molecule has 0 unspecified atom stereocenters. The van der Waals surface area contributed by atoms with Crippen LogP contribution in [0.2, 0.25) is 0 Å². The van der Waals surface area contributed by atoms with Crippen molar-refractivity contribution in [1.82, 2.24) is 5.32 Å². The SMILES string of the molecule is CCNC1(CCO)CCC(C(C)C)CC1. The number of hydrogen-bond donors (Lipinski definition) is 2. The highest BCUT2D eigenvalue weighted by Crippen LogP contribution is 2.37. The van der Waals surface area contributed by atoms with Crippen LogP contribution in [0.4, 0.5) is 0 Å². The topological polar surface area (TPSA) is 32.3 Å². The summed E-state index contributed by atoms with van der Waals surface area (Å²) in [4.78, 5) is 0. The highest BCUT2D eigenvalue weighted by molar-refractivity contribution is 4.92. The fourth-order valence-corrected chi connectivity index (χ4v) is 2.96. The summed E-state index contributed by atoms with van der Waals surface area (Å²) >= 11 is 0. The lowest BCUT2D eigenvalue weighted by molar-refractivity contribution is 0.127. The highest BCUT2D eigenvalue weighted by atomic mass is 16.3. The van der Waals surface area contributed by atoms with E-state index in [-0.39, 0.29) is 5.54 Å². The lowest BCUT2D eigenvalue weighted by Gasteiger charge is -2.42. The van der Waals surface area contributed by atoms with E-state index in [9.17, 15) is 0 Å². The Morgan fingerprint density at radius 2 is 1.93 bits per heavy atom. The van der Waals surface area contributed by atoms with Gasteiger partial charge < -0.3 is 10.4 Å². The predicted molar refractivity (Wildman–Crippen MR) is 64.9 cm³/mol. The van der Waals surface area contributed by atoms with Crippen LogP contribution in [0.25, 0.3) is 0 Å². The first kappa shape index (κ1) is 13.0. The molecule has 2 nitrogen and oxygen atoms in total. The van der Waals surface area contributed by atoms with E-state index in [0.29, 0.717) is 6.61 Å². The molecule has 1 aliphatic rings. The Labute approximate surface area is 94.5 Å². The second-order valence-corrected chi connectivity index (χ2v) is 5.37. The molecule has 2 heteroatoms. The Balaban J connectivity index is 2.49. The molecule has 1 aliphatic carbocycles. The van der Waals surface area contributed by atoms with Crippen LogP contribution in [-0.4, -0.2) is 23.8 Å². The van der Waals surface area contributed by atoms with Crippen molar-refractivity contribution in [2.75, 3.05) is 13.2 Å². The van der Waals surface area contributed by atoms with Crippen LogP contribution in [0.5, 0.6) is 0 Å². The molecule has 1 saturated carbocycles. The zero-order valence-corrected chi connectivity index (χ0v) is 10.6. The van der Waals surface area contributed by atoms with Gasteiger partial charge in [-0.3, -0.25) is 0 Å². The van der Waals surface area contributed by atoms with Crippen LogP contribution in [0.3, 0.4) is 0 Å². The number of hydrogen-bond acceptors (Lipinski definition) is 2. The monoisotopic (exact) mass is 213 g/mol. The third-order valence-electron chi connectivity index (χ3n) is 4.07. The van der Waals surface area contributed by atoms with Gasteiger partial charge in [-0.25, -0.2) is 0 Å². The van der Waals surface area contributed by atoms with Crippen molar-refractivity contribution in [1.29, 1.82) is 0 Å². The van der Waals surface area contributed by atoms with E-state index >= 15 is 0 Å². The van der Waals surface area contributed by atoms with Crippen molar-refractivity contribution in [2.24, 2.45) is 11.8 Å². The molecule has 0 radical (unpaired) electrons. The molecule has 0 heterocycles. The predicted octanol–water partition coefficient (Wildman–Crippen LogP) is 2.56. The molecule has 1 rings (SSSR count). The average molecular weight is 213 g/mol. The molecule has 0 aromatic carbocycles. The summed E-state index contributed by atoms with van der Waals surface area (Å²) < 4.78 is 0. The largest absolute Gasteiger partial charge is 0.396 e. The first-order chi connectivity index (χ1) is 7.13. The maximum absolute atomic E-state index is 9.15. The van der Waals surface area contributed by atoms with Gasteiger partial charge in [0, 0.05) is 12.1 Å². The first-order valence-electron chi connectivity index (χ1n) is 6.49. The van der Waals surface area contributed by atoms with E-state index in [1.54, 1.807) is 0 Å². The summed E-state index contributed by atoms with van der Waals surface area (Å²) in [6.45, 7) is 8.16. The molecular weight excluding hydrogens is 186 g/mol. The zero-order valence-electron chi connectivity index (χ0n) is 10.6. The average Bonchev–Trinajstić information content (AvgIpc) is 2.19. The van der Waals surface area contributed by atoms with Crippen LogP contribution < -0.4 is 5.32 Å². The van der Waals surface area contributed by atoms with Gasteiger partial charge in [-0.05, 0) is 50.5 Å². The minimum absolute atomic E-state index is 0.245. The number of aliphatic hydroxyl groups is 1. The summed E-state index contributed by atoms with van der Waals surface area (Å²) in [7, 11) is 0. The van der Waals surface area contributed by atoms with E-state index in [2.05, 4.69) is 26.1 Å². The Bertz CT molecular complexity index is 163. The van der Waals surface area contributed by atoms with E-state index in [0.717, 1.165) is 24.8 Å². The third-order valence-corrected chi connectivity index (χ3v) is 4.07. The van der Waals surface area contributed by atoms with Gasteiger partial charge in [-0.1, -0.05) is 20.8 Å². The summed E-state index contributed by atoms with van der Waals surface area (Å²) in [5.74, 6) is 1.72. The molecule has 15 heavy (non-hydrogen) atoms. The van der Waals surface area contributed by atoms with Gasteiger partial charge in [-0.15, -0.1) is 0 Å². The second kappa shape index (κ2) is 5.86. The van der Waals surface area contributed by atoms with Crippen molar-refractivity contribution in [3.8, 4) is 0 Å². The van der Waals surface area contributed by atoms with Crippen LogP contribution in [0.15, 0.2) is 0 Å². The van der Waals surface area contributed by atoms with Crippen molar-refractivity contribution in [3.63, 3.8) is 0 Å². The fourth-order valence-electron chi connectivity index (χ4n) is 2.96. The van der Waals surface area contributed by atoms with Gasteiger partial charge >= 0.3 is 0 Å². The van der Waals surface area contributed by atoms with E-state index in [1.165, 1.54) is 25.7 Å². The fraction of sp³-hybridized carbons (Fsp3) is 1.00. The van der Waals surface area contributed by atoms with Gasteiger partial charge in [0.2, 0.25) is 0 Å². The van der Waals surface area contributed by atoms with Gasteiger partial charge in [0.1, 0.15) is 0 Å². The Hall–Kier alpha value is -0.0800. The van der Waals surface area contributed by atoms with Crippen molar-refractivity contribution < 1.29 is 5.11 Å². The standard InChI is InChI=1S/C13H27NO/c1-4-14-13(9-10-15)7-5-12(6-8-13)11(2)3/h11-12,14-15H,4-10H2,1-3H3. The number of rotatable bonds is 5. The normalized spacial score (nSPS) is 32.2. The minimum atomic E-state index is 0.245. The van der Waals surface area contributed by atoms with Crippen LogP contribution >= 0.6 is 0 Å². The quantitative estimate of drug-likeness (QED) is 0.735. The Morgan fingerprint density at radius 1 is 1.33 bits per heavy atom. The third kappa shape index (κ3) is 3.46. The lowest BCUT2D eigenvalue weighted by Crippen LogP contribution is -2.48. The molecule has 0 saturated heterocycles. The highest BCUT2D eigenvalue weighted by Gasteiger charge is 2.34. The van der Waals surface area contributed by atoms with Gasteiger partial charge in [0.05, 0.1) is 0 Å². The smallest absolute Gasteiger partial charge is 0.0448 e. The Kier molecular flexibility index (Phi) is 5.07. The molecule has 0 aromatic heterocycles. The number of nitrogens with one attached hydrogen (secondary N) is 1. The molecule has 0 bridgehead atoms. The minimum Gasteiger partial charge on any atom is -0.396 e. The summed E-state index contributed by atoms with van der Waals surface area (Å²) in [5, 5.41) is 12.7. The van der Waals surface area contributed by atoms with Crippen LogP contribution in [0.1, 0.15) is 52.9 Å².